The van der Waals surface area contributed by atoms with Crippen LogP contribution in [0.4, 0.5) is 9.59 Å². The molecular formula is C36H51Cl2N3O9S. The highest BCUT2D eigenvalue weighted by atomic mass is 35.5. The van der Waals surface area contributed by atoms with Gasteiger partial charge in [-0.15, -0.1) is 23.2 Å². The number of nitrogens with zero attached hydrogens (tertiary/aromatic N) is 3. The van der Waals surface area contributed by atoms with Crippen LogP contribution in [0.5, 0.6) is 11.5 Å². The summed E-state index contributed by atoms with van der Waals surface area (Å²) in [6.45, 7) is 2.53. The van der Waals surface area contributed by atoms with Crippen molar-refractivity contribution in [1.29, 1.82) is 0 Å². The molecule has 0 bridgehead atoms. The molecule has 4 rings (SSSR count). The van der Waals surface area contributed by atoms with Crippen LogP contribution >= 0.6 is 23.2 Å². The Bertz CT molecular complexity index is 1510. The number of methoxy groups -OCH3 is 1. The molecular weight excluding hydrogens is 721 g/mol. The number of halogens is 2. The van der Waals surface area contributed by atoms with E-state index in [0.717, 1.165) is 36.8 Å². The van der Waals surface area contributed by atoms with Gasteiger partial charge in [-0.3, -0.25) is 4.90 Å². The number of rotatable bonds is 17. The molecule has 3 atom stereocenters. The van der Waals surface area contributed by atoms with Crippen LogP contribution in [-0.2, 0) is 31.0 Å². The Balaban J connectivity index is 1.48. The summed E-state index contributed by atoms with van der Waals surface area (Å²) >= 11 is 11.5. The maximum absolute atomic E-state index is 13.9. The molecule has 2 aromatic rings. The van der Waals surface area contributed by atoms with Gasteiger partial charge in [0.2, 0.25) is 0 Å². The second-order valence-electron chi connectivity index (χ2n) is 13.1. The van der Waals surface area contributed by atoms with E-state index in [1.807, 2.05) is 37.3 Å². The van der Waals surface area contributed by atoms with Gasteiger partial charge in [0.05, 0.1) is 45.1 Å². The highest BCUT2D eigenvalue weighted by molar-refractivity contribution is 7.86. The predicted octanol–water partition coefficient (Wildman–Crippen LogP) is 6.79. The number of hydrogen-bond donors (Lipinski definition) is 0. The van der Waals surface area contributed by atoms with Gasteiger partial charge in [0.25, 0.3) is 10.2 Å². The number of benzene rings is 2. The summed E-state index contributed by atoms with van der Waals surface area (Å²) < 4.78 is 58.3. The number of alkyl halides is 2. The largest absolute Gasteiger partial charge is 0.513 e. The molecule has 51 heavy (non-hydrogen) atoms. The first-order valence-electron chi connectivity index (χ1n) is 17.4. The van der Waals surface area contributed by atoms with Crippen LogP contribution in [0.15, 0.2) is 48.5 Å². The van der Waals surface area contributed by atoms with E-state index in [9.17, 15) is 18.0 Å². The molecule has 2 aliphatic rings. The fourth-order valence-corrected chi connectivity index (χ4v) is 8.21. The van der Waals surface area contributed by atoms with E-state index in [1.54, 1.807) is 30.2 Å². The zero-order valence-electron chi connectivity index (χ0n) is 29.9. The topological polar surface area (TPSA) is 124 Å². The smallest absolute Gasteiger partial charge is 0.497 e. The Morgan fingerprint density at radius 1 is 0.922 bits per heavy atom. The van der Waals surface area contributed by atoms with Crippen LogP contribution in [-0.4, -0.2) is 111 Å². The molecule has 1 saturated heterocycles. The zero-order valence-corrected chi connectivity index (χ0v) is 32.2. The van der Waals surface area contributed by atoms with E-state index in [2.05, 4.69) is 0 Å². The lowest BCUT2D eigenvalue weighted by atomic mass is 9.82. The van der Waals surface area contributed by atoms with Crippen molar-refractivity contribution in [2.24, 2.45) is 0 Å². The number of ether oxygens (including phenoxy) is 5. The Morgan fingerprint density at radius 3 is 2.22 bits per heavy atom. The summed E-state index contributed by atoms with van der Waals surface area (Å²) in [7, 11) is 0.672. The fourth-order valence-electron chi connectivity index (χ4n) is 6.69. The van der Waals surface area contributed by atoms with E-state index in [4.69, 9.17) is 46.9 Å². The van der Waals surface area contributed by atoms with Crippen molar-refractivity contribution < 1.29 is 41.7 Å². The maximum Gasteiger partial charge on any atom is 0.513 e. The number of carbonyl (C=O) groups excluding carboxylic acids is 2. The lowest BCUT2D eigenvalue weighted by molar-refractivity contribution is -0.0158. The molecule has 2 aromatic carbocycles. The summed E-state index contributed by atoms with van der Waals surface area (Å²) in [5.74, 6) is 2.10. The molecule has 12 nitrogen and oxygen atoms in total. The lowest BCUT2D eigenvalue weighted by Crippen LogP contribution is -2.54. The standard InChI is InChI=1S/C36H51Cl2N3O9S/c1-26-22-33(40(51(44,45)39(2)3)24-27-10-14-30(46-4)15-11-27)34(41(26)35(42)47-20-6-18-37)25-49-31-16-12-28(13-17-31)29-8-5-9-32(23-29)50-36(43)48-21-7-19-38/h5,8-11,14-15,23,26,28,31,33-34H,6-7,12-13,16-22,24-25H2,1-4H3/t26?,28?,31?,33-,34-/m0/s1. The van der Waals surface area contributed by atoms with Gasteiger partial charge in [-0.2, -0.15) is 17.0 Å². The second-order valence-corrected chi connectivity index (χ2v) is 15.9. The monoisotopic (exact) mass is 771 g/mol. The zero-order chi connectivity index (χ0) is 37.0. The van der Waals surface area contributed by atoms with Gasteiger partial charge < -0.3 is 23.7 Å². The van der Waals surface area contributed by atoms with Crippen LogP contribution in [0.1, 0.15) is 68.9 Å². The highest BCUT2D eigenvalue weighted by Gasteiger charge is 2.49. The summed E-state index contributed by atoms with van der Waals surface area (Å²) in [5.41, 5.74) is 1.85. The number of likely N-dealkylation sites (tertiary alicyclic amines) is 1. The predicted molar refractivity (Wildman–Crippen MR) is 196 cm³/mol. The van der Waals surface area contributed by atoms with E-state index < -0.39 is 34.5 Å². The molecule has 284 valence electrons. The van der Waals surface area contributed by atoms with Gasteiger partial charge in [0.1, 0.15) is 11.5 Å². The van der Waals surface area contributed by atoms with Gasteiger partial charge in [-0.1, -0.05) is 24.3 Å². The minimum atomic E-state index is -3.92. The van der Waals surface area contributed by atoms with E-state index in [0.29, 0.717) is 42.5 Å². The average Bonchev–Trinajstić information content (AvgIpc) is 3.45. The normalized spacial score (nSPS) is 22.3. The maximum atomic E-state index is 13.9. The van der Waals surface area contributed by atoms with Crippen LogP contribution in [0.25, 0.3) is 0 Å². The SMILES string of the molecule is COc1ccc(CN([C@H]2CC(C)N(C(=O)OCCCCl)[C@H]2COC2CCC(c3cccc(OC(=O)OCCCCl)c3)CC2)S(=O)(=O)N(C)C)cc1. The minimum Gasteiger partial charge on any atom is -0.497 e. The molecule has 1 amide bonds. The summed E-state index contributed by atoms with van der Waals surface area (Å²) in [6.07, 6.45) is 3.37. The van der Waals surface area contributed by atoms with Gasteiger partial charge in [0, 0.05) is 38.4 Å². The molecule has 2 fully saturated rings. The Kier molecular flexibility index (Phi) is 16.0. The van der Waals surface area contributed by atoms with Gasteiger partial charge in [-0.25, -0.2) is 9.59 Å². The summed E-state index contributed by atoms with van der Waals surface area (Å²) in [4.78, 5) is 27.2. The van der Waals surface area contributed by atoms with Crippen molar-refractivity contribution >= 4 is 45.7 Å². The fraction of sp³-hybridized carbons (Fsp3) is 0.611. The van der Waals surface area contributed by atoms with Gasteiger partial charge in [-0.05, 0) is 93.2 Å². The molecule has 1 saturated carbocycles. The van der Waals surface area contributed by atoms with E-state index in [-0.39, 0.29) is 44.4 Å². The Morgan fingerprint density at radius 2 is 1.59 bits per heavy atom. The third-order valence-electron chi connectivity index (χ3n) is 9.40. The molecule has 1 unspecified atom stereocenters. The molecule has 0 N–H and O–H groups in total. The average molecular weight is 773 g/mol. The molecule has 0 aromatic heterocycles. The molecule has 1 aliphatic carbocycles. The van der Waals surface area contributed by atoms with Crippen molar-refractivity contribution in [2.45, 2.75) is 88.6 Å². The number of carbonyl (C=O) groups is 2. The first-order chi connectivity index (χ1) is 24.5. The van der Waals surface area contributed by atoms with Gasteiger partial charge >= 0.3 is 12.2 Å². The molecule has 15 heteroatoms. The summed E-state index contributed by atoms with van der Waals surface area (Å²) in [5, 5.41) is 0. The Hall–Kier alpha value is -2.81. The minimum absolute atomic E-state index is 0.0798. The van der Waals surface area contributed by atoms with Crippen LogP contribution in [0, 0.1) is 0 Å². The third kappa shape index (κ3) is 11.3. The first-order valence-corrected chi connectivity index (χ1v) is 19.9. The molecule has 0 spiro atoms. The van der Waals surface area contributed by atoms with Crippen LogP contribution < -0.4 is 9.47 Å². The highest BCUT2D eigenvalue weighted by Crippen LogP contribution is 2.37. The van der Waals surface area contributed by atoms with Crippen molar-refractivity contribution in [3.63, 3.8) is 0 Å². The van der Waals surface area contributed by atoms with Gasteiger partial charge in [0.15, 0.2) is 0 Å². The quantitative estimate of drug-likeness (QED) is 0.0741. The van der Waals surface area contributed by atoms with Crippen molar-refractivity contribution in [3.8, 4) is 11.5 Å². The number of hydrogen-bond acceptors (Lipinski definition) is 9. The van der Waals surface area contributed by atoms with Crippen molar-refractivity contribution in [3.05, 3.63) is 59.7 Å². The van der Waals surface area contributed by atoms with Crippen LogP contribution in [0.3, 0.4) is 0 Å². The molecule has 1 heterocycles. The van der Waals surface area contributed by atoms with Crippen molar-refractivity contribution in [2.75, 3.05) is 52.8 Å². The lowest BCUT2D eigenvalue weighted by Gasteiger charge is -2.37. The molecule has 0 radical (unpaired) electrons. The van der Waals surface area contributed by atoms with E-state index >= 15 is 0 Å². The molecule has 1 aliphatic heterocycles. The first kappa shape index (κ1) is 41.0. The summed E-state index contributed by atoms with van der Waals surface area (Å²) in [6, 6.07) is 13.3. The third-order valence-corrected chi connectivity index (χ3v) is 11.9. The second kappa shape index (κ2) is 19.9. The Labute approximate surface area is 312 Å². The van der Waals surface area contributed by atoms with E-state index in [1.165, 1.54) is 22.7 Å². The van der Waals surface area contributed by atoms with Crippen LogP contribution in [0.2, 0.25) is 0 Å². The number of amides is 1. The van der Waals surface area contributed by atoms with Crippen molar-refractivity contribution in [1.82, 2.24) is 13.5 Å².